The number of aromatic nitrogens is 2. The predicted octanol–water partition coefficient (Wildman–Crippen LogP) is 1.63. The molecule has 1 heterocycles. The second-order valence-corrected chi connectivity index (χ2v) is 3.45. The van der Waals surface area contributed by atoms with E-state index in [1.807, 2.05) is 31.2 Å². The van der Waals surface area contributed by atoms with Crippen LogP contribution in [0.4, 0.5) is 5.95 Å². The Morgan fingerprint density at radius 3 is 2.82 bits per heavy atom. The molecule has 0 bridgehead atoms. The lowest BCUT2D eigenvalue weighted by Crippen LogP contribution is -2.08. The fourth-order valence-electron chi connectivity index (χ4n) is 1.52. The Kier molecular flexibility index (Phi) is 3.72. The van der Waals surface area contributed by atoms with Gasteiger partial charge in [0, 0.05) is 6.61 Å². The molecule has 90 valence electrons. The van der Waals surface area contributed by atoms with Crippen molar-refractivity contribution in [1.29, 1.82) is 0 Å². The zero-order chi connectivity index (χ0) is 12.1. The summed E-state index contributed by atoms with van der Waals surface area (Å²) in [6.45, 7) is 3.61. The van der Waals surface area contributed by atoms with E-state index in [-0.39, 0.29) is 5.95 Å². The van der Waals surface area contributed by atoms with Crippen molar-refractivity contribution in [2.75, 3.05) is 25.6 Å². The first kappa shape index (κ1) is 11.6. The van der Waals surface area contributed by atoms with Crippen molar-refractivity contribution in [2.45, 2.75) is 6.92 Å². The van der Waals surface area contributed by atoms with E-state index < -0.39 is 0 Å². The van der Waals surface area contributed by atoms with Crippen LogP contribution in [0.2, 0.25) is 0 Å². The summed E-state index contributed by atoms with van der Waals surface area (Å²) in [5.74, 6) is 0.725. The molecule has 1 aromatic carbocycles. The fourth-order valence-corrected chi connectivity index (χ4v) is 1.52. The minimum atomic E-state index is 0.218. The van der Waals surface area contributed by atoms with Gasteiger partial charge in [-0.05, 0) is 19.1 Å². The normalized spacial score (nSPS) is 10.6. The molecule has 0 spiro atoms. The van der Waals surface area contributed by atoms with Crippen LogP contribution in [0.15, 0.2) is 24.3 Å². The Morgan fingerprint density at radius 2 is 2.00 bits per heavy atom. The number of ether oxygens (including phenoxy) is 2. The van der Waals surface area contributed by atoms with Gasteiger partial charge in [-0.1, -0.05) is 12.1 Å². The molecule has 0 aliphatic heterocycles. The molecule has 1 aromatic heterocycles. The largest absolute Gasteiger partial charge is 0.475 e. The standard InChI is InChI=1S/C12H15N3O2/c1-2-16-7-8-17-11-9-5-3-4-6-10(9)14-12(13)15-11/h3-6H,2,7-8H2,1H3,(H2,13,14,15). The van der Waals surface area contributed by atoms with E-state index in [2.05, 4.69) is 9.97 Å². The van der Waals surface area contributed by atoms with Crippen LogP contribution in [0.3, 0.4) is 0 Å². The highest BCUT2D eigenvalue weighted by molar-refractivity contribution is 5.84. The van der Waals surface area contributed by atoms with Crippen molar-refractivity contribution in [2.24, 2.45) is 0 Å². The van der Waals surface area contributed by atoms with Crippen LogP contribution in [0, 0.1) is 0 Å². The zero-order valence-corrected chi connectivity index (χ0v) is 9.72. The summed E-state index contributed by atoms with van der Waals surface area (Å²) in [6.07, 6.45) is 0. The molecule has 0 saturated carbocycles. The fraction of sp³-hybridized carbons (Fsp3) is 0.333. The highest BCUT2D eigenvalue weighted by atomic mass is 16.5. The minimum Gasteiger partial charge on any atom is -0.475 e. The van der Waals surface area contributed by atoms with Crippen molar-refractivity contribution in [3.63, 3.8) is 0 Å². The van der Waals surface area contributed by atoms with Gasteiger partial charge in [-0.15, -0.1) is 0 Å². The molecular formula is C12H15N3O2. The number of anilines is 1. The average Bonchev–Trinajstić information content (AvgIpc) is 2.34. The summed E-state index contributed by atoms with van der Waals surface area (Å²) in [6, 6.07) is 7.60. The van der Waals surface area contributed by atoms with E-state index in [0.717, 1.165) is 10.9 Å². The molecule has 2 aromatic rings. The van der Waals surface area contributed by atoms with Crippen LogP contribution in [0.1, 0.15) is 6.92 Å². The third-order valence-electron chi connectivity index (χ3n) is 2.26. The van der Waals surface area contributed by atoms with E-state index in [4.69, 9.17) is 15.2 Å². The summed E-state index contributed by atoms with van der Waals surface area (Å²) in [4.78, 5) is 8.22. The Bertz CT molecular complexity index is 502. The predicted molar refractivity (Wildman–Crippen MR) is 65.9 cm³/mol. The first-order valence-electron chi connectivity index (χ1n) is 5.54. The van der Waals surface area contributed by atoms with Crippen molar-refractivity contribution in [3.05, 3.63) is 24.3 Å². The molecular weight excluding hydrogens is 218 g/mol. The van der Waals surface area contributed by atoms with Gasteiger partial charge in [-0.3, -0.25) is 0 Å². The summed E-state index contributed by atoms with van der Waals surface area (Å²) in [5, 5.41) is 0.859. The van der Waals surface area contributed by atoms with Gasteiger partial charge in [0.05, 0.1) is 17.5 Å². The smallest absolute Gasteiger partial charge is 0.226 e. The van der Waals surface area contributed by atoms with Crippen molar-refractivity contribution >= 4 is 16.9 Å². The molecule has 5 nitrogen and oxygen atoms in total. The molecule has 0 radical (unpaired) electrons. The van der Waals surface area contributed by atoms with Crippen LogP contribution >= 0.6 is 0 Å². The number of hydrogen-bond donors (Lipinski definition) is 1. The number of rotatable bonds is 5. The molecule has 2 N–H and O–H groups in total. The molecule has 0 saturated heterocycles. The van der Waals surface area contributed by atoms with Gasteiger partial charge < -0.3 is 15.2 Å². The van der Waals surface area contributed by atoms with Gasteiger partial charge in [0.2, 0.25) is 11.8 Å². The monoisotopic (exact) mass is 233 g/mol. The maximum Gasteiger partial charge on any atom is 0.226 e. The third-order valence-corrected chi connectivity index (χ3v) is 2.26. The molecule has 0 unspecified atom stereocenters. The van der Waals surface area contributed by atoms with Crippen LogP contribution < -0.4 is 10.5 Å². The Labute approximate surface area is 99.6 Å². The van der Waals surface area contributed by atoms with Crippen LogP contribution in [0.25, 0.3) is 10.9 Å². The maximum absolute atomic E-state index is 5.62. The van der Waals surface area contributed by atoms with E-state index >= 15 is 0 Å². The number of hydrogen-bond acceptors (Lipinski definition) is 5. The van der Waals surface area contributed by atoms with Crippen LogP contribution in [-0.4, -0.2) is 29.8 Å². The first-order valence-corrected chi connectivity index (χ1v) is 5.54. The van der Waals surface area contributed by atoms with Gasteiger partial charge in [0.1, 0.15) is 6.61 Å². The summed E-state index contributed by atoms with van der Waals surface area (Å²) in [5.41, 5.74) is 6.41. The Balaban J connectivity index is 2.20. The summed E-state index contributed by atoms with van der Waals surface area (Å²) >= 11 is 0. The molecule has 0 atom stereocenters. The zero-order valence-electron chi connectivity index (χ0n) is 9.72. The SMILES string of the molecule is CCOCCOc1nc(N)nc2ccccc12. The highest BCUT2D eigenvalue weighted by Gasteiger charge is 2.06. The third kappa shape index (κ3) is 2.82. The lowest BCUT2D eigenvalue weighted by atomic mass is 10.2. The van der Waals surface area contributed by atoms with Gasteiger partial charge >= 0.3 is 0 Å². The molecule has 17 heavy (non-hydrogen) atoms. The lowest BCUT2D eigenvalue weighted by molar-refractivity contribution is 0.109. The topological polar surface area (TPSA) is 70.3 Å². The van der Waals surface area contributed by atoms with Gasteiger partial charge in [-0.25, -0.2) is 4.98 Å². The van der Waals surface area contributed by atoms with Gasteiger partial charge in [0.25, 0.3) is 0 Å². The van der Waals surface area contributed by atoms with Crippen molar-refractivity contribution in [1.82, 2.24) is 9.97 Å². The number of nitrogen functional groups attached to an aromatic ring is 1. The quantitative estimate of drug-likeness (QED) is 0.795. The average molecular weight is 233 g/mol. The molecule has 0 aliphatic carbocycles. The van der Waals surface area contributed by atoms with Crippen molar-refractivity contribution < 1.29 is 9.47 Å². The molecule has 0 fully saturated rings. The number of fused-ring (bicyclic) bond motifs is 1. The Morgan fingerprint density at radius 1 is 1.18 bits per heavy atom. The Hall–Kier alpha value is -1.88. The van der Waals surface area contributed by atoms with E-state index in [1.165, 1.54) is 0 Å². The highest BCUT2D eigenvalue weighted by Crippen LogP contribution is 2.22. The lowest BCUT2D eigenvalue weighted by Gasteiger charge is -2.08. The van der Waals surface area contributed by atoms with E-state index in [0.29, 0.717) is 25.7 Å². The van der Waals surface area contributed by atoms with Crippen LogP contribution in [0.5, 0.6) is 5.88 Å². The molecule has 0 aliphatic rings. The number of para-hydroxylation sites is 1. The molecule has 0 amide bonds. The maximum atomic E-state index is 5.62. The second-order valence-electron chi connectivity index (χ2n) is 3.45. The number of benzene rings is 1. The van der Waals surface area contributed by atoms with Gasteiger partial charge in [0.15, 0.2) is 0 Å². The van der Waals surface area contributed by atoms with Gasteiger partial charge in [-0.2, -0.15) is 4.98 Å². The van der Waals surface area contributed by atoms with Crippen molar-refractivity contribution in [3.8, 4) is 5.88 Å². The van der Waals surface area contributed by atoms with E-state index in [9.17, 15) is 0 Å². The summed E-state index contributed by atoms with van der Waals surface area (Å²) in [7, 11) is 0. The molecule has 5 heteroatoms. The number of nitrogens with two attached hydrogens (primary N) is 1. The molecule has 2 rings (SSSR count). The second kappa shape index (κ2) is 5.45. The first-order chi connectivity index (χ1) is 8.31. The van der Waals surface area contributed by atoms with Crippen LogP contribution in [-0.2, 0) is 4.74 Å². The summed E-state index contributed by atoms with van der Waals surface area (Å²) < 4.78 is 10.7. The van der Waals surface area contributed by atoms with E-state index in [1.54, 1.807) is 0 Å². The minimum absolute atomic E-state index is 0.218. The number of nitrogens with zero attached hydrogens (tertiary/aromatic N) is 2.